The van der Waals surface area contributed by atoms with Gasteiger partial charge in [-0.05, 0) is 64.6 Å². The molecule has 6 nitrogen and oxygen atoms in total. The molecule has 0 unspecified atom stereocenters. The minimum atomic E-state index is -3.47. The van der Waals surface area contributed by atoms with Gasteiger partial charge in [-0.2, -0.15) is 0 Å². The average Bonchev–Trinajstić information content (AvgIpc) is 2.55. The summed E-state index contributed by atoms with van der Waals surface area (Å²) >= 11 is 2.18. The van der Waals surface area contributed by atoms with Crippen LogP contribution < -0.4 is 14.8 Å². The Kier molecular flexibility index (Phi) is 6.79. The Labute approximate surface area is 161 Å². The summed E-state index contributed by atoms with van der Waals surface area (Å²) in [5.41, 5.74) is 1.35. The zero-order valence-corrected chi connectivity index (χ0v) is 16.8. The highest BCUT2D eigenvalue weighted by Crippen LogP contribution is 2.22. The van der Waals surface area contributed by atoms with E-state index in [1.165, 1.54) is 0 Å². The smallest absolute Gasteiger partial charge is 0.226 e. The summed E-state index contributed by atoms with van der Waals surface area (Å²) < 4.78 is 32.0. The number of carbonyl (C=O) groups excluding carboxylic acids is 1. The molecule has 0 radical (unpaired) electrons. The molecule has 0 bridgehead atoms. The zero-order chi connectivity index (χ0) is 18.4. The van der Waals surface area contributed by atoms with Crippen LogP contribution >= 0.6 is 22.6 Å². The number of carbonyl (C=O) groups is 1. The quantitative estimate of drug-likeness (QED) is 0.605. The average molecular weight is 474 g/mol. The van der Waals surface area contributed by atoms with Crippen LogP contribution in [-0.2, 0) is 14.8 Å². The Morgan fingerprint density at radius 1 is 1.12 bits per heavy atom. The highest BCUT2D eigenvalue weighted by molar-refractivity contribution is 14.1. The molecule has 0 aliphatic rings. The van der Waals surface area contributed by atoms with Crippen molar-refractivity contribution in [3.05, 3.63) is 57.7 Å². The van der Waals surface area contributed by atoms with Gasteiger partial charge in [0.25, 0.3) is 0 Å². The van der Waals surface area contributed by atoms with Gasteiger partial charge in [-0.15, -0.1) is 0 Å². The van der Waals surface area contributed by atoms with Gasteiger partial charge in [0.2, 0.25) is 15.9 Å². The summed E-state index contributed by atoms with van der Waals surface area (Å²) in [4.78, 5) is 12.3. The molecule has 25 heavy (non-hydrogen) atoms. The molecular weight excluding hydrogens is 455 g/mol. The normalized spacial score (nSPS) is 12.4. The summed E-state index contributed by atoms with van der Waals surface area (Å²) in [6, 6.07) is 13.6. The van der Waals surface area contributed by atoms with E-state index in [2.05, 4.69) is 32.6 Å². The summed E-state index contributed by atoms with van der Waals surface area (Å²) in [6.07, 6.45) is 1.05. The van der Waals surface area contributed by atoms with Crippen LogP contribution in [0.25, 0.3) is 0 Å². The predicted molar refractivity (Wildman–Crippen MR) is 106 cm³/mol. The maximum atomic E-state index is 12.3. The van der Waals surface area contributed by atoms with Crippen LogP contribution in [0, 0.1) is 3.57 Å². The molecule has 2 N–H and O–H groups in total. The van der Waals surface area contributed by atoms with E-state index in [-0.39, 0.29) is 12.3 Å². The lowest BCUT2D eigenvalue weighted by molar-refractivity contribution is -0.116. The molecule has 0 aromatic heterocycles. The Morgan fingerprint density at radius 2 is 1.72 bits per heavy atom. The molecule has 1 amide bonds. The van der Waals surface area contributed by atoms with Crippen LogP contribution in [0.5, 0.6) is 5.75 Å². The maximum absolute atomic E-state index is 12.3. The van der Waals surface area contributed by atoms with Gasteiger partial charge in [-0.3, -0.25) is 4.79 Å². The first-order valence-corrected chi connectivity index (χ1v) is 10.4. The summed E-state index contributed by atoms with van der Waals surface area (Å²) in [5, 5.41) is 2.78. The number of benzene rings is 2. The Bertz CT molecular complexity index is 821. The maximum Gasteiger partial charge on any atom is 0.226 e. The highest BCUT2D eigenvalue weighted by atomic mass is 127. The molecule has 0 saturated heterocycles. The van der Waals surface area contributed by atoms with Crippen molar-refractivity contribution in [1.82, 2.24) is 4.72 Å². The fourth-order valence-electron chi connectivity index (χ4n) is 2.25. The number of anilines is 1. The topological polar surface area (TPSA) is 84.5 Å². The first kappa shape index (κ1) is 19.7. The van der Waals surface area contributed by atoms with Gasteiger partial charge < -0.3 is 10.1 Å². The van der Waals surface area contributed by atoms with E-state index in [0.29, 0.717) is 17.0 Å². The van der Waals surface area contributed by atoms with E-state index in [4.69, 9.17) is 4.74 Å². The third-order valence-corrected chi connectivity index (χ3v) is 4.82. The third kappa shape index (κ3) is 6.63. The van der Waals surface area contributed by atoms with Crippen LogP contribution in [-0.4, -0.2) is 27.7 Å². The number of methoxy groups -OCH3 is 1. The number of sulfonamides is 1. The molecule has 1 atom stereocenters. The predicted octanol–water partition coefficient (Wildman–Crippen LogP) is 2.92. The molecule has 134 valence electrons. The van der Waals surface area contributed by atoms with Crippen LogP contribution in [0.15, 0.2) is 48.5 Å². The number of hydrogen-bond donors (Lipinski definition) is 2. The largest absolute Gasteiger partial charge is 0.497 e. The molecule has 0 saturated carbocycles. The van der Waals surface area contributed by atoms with Gasteiger partial charge in [-0.1, -0.05) is 12.1 Å². The Morgan fingerprint density at radius 3 is 2.24 bits per heavy atom. The monoisotopic (exact) mass is 474 g/mol. The van der Waals surface area contributed by atoms with E-state index in [0.717, 1.165) is 9.83 Å². The van der Waals surface area contributed by atoms with Crippen molar-refractivity contribution in [3.8, 4) is 5.75 Å². The van der Waals surface area contributed by atoms with Gasteiger partial charge in [0, 0.05) is 15.7 Å². The number of rotatable bonds is 7. The number of hydrogen-bond acceptors (Lipinski definition) is 4. The van der Waals surface area contributed by atoms with Crippen LogP contribution in [0.4, 0.5) is 5.69 Å². The van der Waals surface area contributed by atoms with Crippen molar-refractivity contribution in [2.75, 3.05) is 18.7 Å². The molecule has 2 aromatic carbocycles. The van der Waals surface area contributed by atoms with Gasteiger partial charge in [0.1, 0.15) is 5.75 Å². The minimum absolute atomic E-state index is 0.0224. The summed E-state index contributed by atoms with van der Waals surface area (Å²) in [5.74, 6) is 0.378. The van der Waals surface area contributed by atoms with Gasteiger partial charge >= 0.3 is 0 Å². The molecule has 0 spiro atoms. The summed E-state index contributed by atoms with van der Waals surface area (Å²) in [7, 11) is -1.92. The second-order valence-electron chi connectivity index (χ2n) is 5.47. The lowest BCUT2D eigenvalue weighted by Crippen LogP contribution is -2.30. The molecule has 8 heteroatoms. The van der Waals surface area contributed by atoms with Crippen molar-refractivity contribution in [1.29, 1.82) is 0 Å². The summed E-state index contributed by atoms with van der Waals surface area (Å²) in [6.45, 7) is 0. The second-order valence-corrected chi connectivity index (χ2v) is 8.50. The number of nitrogens with one attached hydrogen (secondary N) is 2. The lowest BCUT2D eigenvalue weighted by Gasteiger charge is -2.18. The molecular formula is C17H19IN2O4S. The van der Waals surface area contributed by atoms with Crippen molar-refractivity contribution < 1.29 is 17.9 Å². The number of amides is 1. The standard InChI is InChI=1S/C17H19IN2O4S/c1-24-15-9-3-12(4-10-15)16(20-25(2,22)23)11-17(21)19-14-7-5-13(18)6-8-14/h3-10,16,20H,11H2,1-2H3,(H,19,21)/t16-/m0/s1. The molecule has 0 aliphatic carbocycles. The van der Waals surface area contributed by atoms with E-state index < -0.39 is 16.1 Å². The molecule has 0 heterocycles. The molecule has 0 fully saturated rings. The van der Waals surface area contributed by atoms with Crippen molar-refractivity contribution in [3.63, 3.8) is 0 Å². The van der Waals surface area contributed by atoms with Gasteiger partial charge in [-0.25, -0.2) is 13.1 Å². The molecule has 0 aliphatic heterocycles. The number of halogens is 1. The Balaban J connectivity index is 2.14. The minimum Gasteiger partial charge on any atom is -0.497 e. The second kappa shape index (κ2) is 8.63. The van der Waals surface area contributed by atoms with Gasteiger partial charge in [0.05, 0.1) is 19.4 Å². The van der Waals surface area contributed by atoms with E-state index in [1.807, 2.05) is 12.1 Å². The third-order valence-electron chi connectivity index (χ3n) is 3.39. The zero-order valence-electron chi connectivity index (χ0n) is 13.8. The van der Waals surface area contributed by atoms with Crippen LogP contribution in [0.2, 0.25) is 0 Å². The molecule has 2 aromatic rings. The fourth-order valence-corrected chi connectivity index (χ4v) is 3.35. The van der Waals surface area contributed by atoms with E-state index >= 15 is 0 Å². The number of ether oxygens (including phenoxy) is 1. The van der Waals surface area contributed by atoms with Gasteiger partial charge in [0.15, 0.2) is 0 Å². The van der Waals surface area contributed by atoms with Crippen LogP contribution in [0.3, 0.4) is 0 Å². The lowest BCUT2D eigenvalue weighted by atomic mass is 10.0. The first-order chi connectivity index (χ1) is 11.8. The van der Waals surface area contributed by atoms with Crippen molar-refractivity contribution >= 4 is 44.2 Å². The SMILES string of the molecule is COc1ccc([C@H](CC(=O)Nc2ccc(I)cc2)NS(C)(=O)=O)cc1. The fraction of sp³-hybridized carbons (Fsp3) is 0.235. The Hall–Kier alpha value is -1.65. The van der Waals surface area contributed by atoms with Crippen molar-refractivity contribution in [2.24, 2.45) is 0 Å². The highest BCUT2D eigenvalue weighted by Gasteiger charge is 2.20. The first-order valence-electron chi connectivity index (χ1n) is 7.43. The van der Waals surface area contributed by atoms with E-state index in [9.17, 15) is 13.2 Å². The molecule has 2 rings (SSSR count). The van der Waals surface area contributed by atoms with E-state index in [1.54, 1.807) is 43.5 Å². The van der Waals surface area contributed by atoms with Crippen LogP contribution in [0.1, 0.15) is 18.0 Å². The van der Waals surface area contributed by atoms with Crippen molar-refractivity contribution in [2.45, 2.75) is 12.5 Å².